The molecule has 0 spiro atoms. The summed E-state index contributed by atoms with van der Waals surface area (Å²) in [7, 11) is 4.21. The van der Waals surface area contributed by atoms with Crippen molar-refractivity contribution in [3.05, 3.63) is 48.2 Å². The third-order valence-electron chi connectivity index (χ3n) is 6.87. The summed E-state index contributed by atoms with van der Waals surface area (Å²) >= 11 is 0. The number of benzene rings is 1. The number of para-hydroxylation sites is 2. The molecule has 2 aliphatic rings. The van der Waals surface area contributed by atoms with Gasteiger partial charge in [-0.05, 0) is 51.7 Å². The lowest BCUT2D eigenvalue weighted by molar-refractivity contribution is -0.134. The molecule has 8 nitrogen and oxygen atoms in total. The molecule has 0 unspecified atom stereocenters. The van der Waals surface area contributed by atoms with E-state index in [1.54, 1.807) is 6.20 Å². The lowest BCUT2D eigenvalue weighted by Gasteiger charge is -2.36. The molecule has 1 saturated heterocycles. The standard InChI is InChI=1S/C28H41N5O3/c1-30(2)15-16-31-17-19-33(20-18-31)27(34)23-32-14-7-3-4-8-21-35-25-11-5-6-12-26(25)36-28-24(22-32)10-9-13-29-28/h5-6,9-13H,3-4,7-8,14-23H2,1-2H3. The Bertz CT molecular complexity index is 962. The summed E-state index contributed by atoms with van der Waals surface area (Å²) in [5.41, 5.74) is 0.977. The largest absolute Gasteiger partial charge is 0.490 e. The quantitative estimate of drug-likeness (QED) is 0.631. The number of aromatic nitrogens is 1. The molecule has 196 valence electrons. The second-order valence-corrected chi connectivity index (χ2v) is 10.0. The average Bonchev–Trinajstić information content (AvgIpc) is 2.88. The van der Waals surface area contributed by atoms with Crippen LogP contribution in [0.15, 0.2) is 42.6 Å². The maximum absolute atomic E-state index is 13.3. The predicted octanol–water partition coefficient (Wildman–Crippen LogP) is 3.33. The van der Waals surface area contributed by atoms with Gasteiger partial charge in [-0.25, -0.2) is 4.98 Å². The van der Waals surface area contributed by atoms with E-state index in [0.717, 1.165) is 82.8 Å². The highest BCUT2D eigenvalue weighted by Gasteiger charge is 2.23. The summed E-state index contributed by atoms with van der Waals surface area (Å²) in [6, 6.07) is 11.7. The highest BCUT2D eigenvalue weighted by molar-refractivity contribution is 5.78. The SMILES string of the molecule is CN(C)CCN1CCN(C(=O)CN2CCCCCCOc3ccccc3Oc3ncccc3C2)CC1. The summed E-state index contributed by atoms with van der Waals surface area (Å²) in [6.45, 7) is 8.19. The summed E-state index contributed by atoms with van der Waals surface area (Å²) in [5, 5.41) is 0. The molecule has 0 saturated carbocycles. The molecule has 0 atom stereocenters. The van der Waals surface area contributed by atoms with E-state index < -0.39 is 0 Å². The summed E-state index contributed by atoms with van der Waals surface area (Å²) in [6.07, 6.45) is 6.03. The Hall–Kier alpha value is -2.68. The molecule has 1 fully saturated rings. The van der Waals surface area contributed by atoms with Gasteiger partial charge in [0, 0.05) is 57.6 Å². The molecule has 3 heterocycles. The Morgan fingerprint density at radius 3 is 2.50 bits per heavy atom. The van der Waals surface area contributed by atoms with Crippen molar-refractivity contribution in [3.63, 3.8) is 0 Å². The van der Waals surface area contributed by atoms with Gasteiger partial charge in [-0.3, -0.25) is 14.6 Å². The minimum atomic E-state index is 0.216. The zero-order valence-corrected chi connectivity index (χ0v) is 21.9. The van der Waals surface area contributed by atoms with Gasteiger partial charge >= 0.3 is 0 Å². The molecule has 8 heteroatoms. The van der Waals surface area contributed by atoms with Crippen molar-refractivity contribution in [1.82, 2.24) is 24.6 Å². The van der Waals surface area contributed by atoms with E-state index in [4.69, 9.17) is 9.47 Å². The maximum atomic E-state index is 13.3. The van der Waals surface area contributed by atoms with E-state index in [2.05, 4.69) is 33.8 Å². The number of ether oxygens (including phenoxy) is 2. The van der Waals surface area contributed by atoms with E-state index in [-0.39, 0.29) is 5.91 Å². The molecule has 4 rings (SSSR count). The van der Waals surface area contributed by atoms with Gasteiger partial charge in [0.15, 0.2) is 11.5 Å². The fraction of sp³-hybridized carbons (Fsp3) is 0.571. The lowest BCUT2D eigenvalue weighted by Crippen LogP contribution is -2.52. The Kier molecular flexibility index (Phi) is 9.95. The van der Waals surface area contributed by atoms with Crippen LogP contribution in [0, 0.1) is 0 Å². The monoisotopic (exact) mass is 495 g/mol. The molecule has 0 N–H and O–H groups in total. The van der Waals surface area contributed by atoms with Gasteiger partial charge in [0.2, 0.25) is 11.8 Å². The van der Waals surface area contributed by atoms with Crippen molar-refractivity contribution < 1.29 is 14.3 Å². The number of pyridine rings is 1. The number of hydrogen-bond acceptors (Lipinski definition) is 7. The molecule has 1 aromatic heterocycles. The summed E-state index contributed by atoms with van der Waals surface area (Å²) < 4.78 is 12.2. The van der Waals surface area contributed by atoms with Crippen LogP contribution in [0.2, 0.25) is 0 Å². The first-order chi connectivity index (χ1) is 17.6. The van der Waals surface area contributed by atoms with Gasteiger partial charge in [0.05, 0.1) is 13.2 Å². The number of hydrogen-bond donors (Lipinski definition) is 0. The van der Waals surface area contributed by atoms with Crippen LogP contribution in [0.5, 0.6) is 17.4 Å². The molecule has 2 aliphatic heterocycles. The fourth-order valence-electron chi connectivity index (χ4n) is 4.68. The number of likely N-dealkylation sites (N-methyl/N-ethyl adjacent to an activating group) is 1. The van der Waals surface area contributed by atoms with Crippen LogP contribution in [0.1, 0.15) is 31.2 Å². The third kappa shape index (κ3) is 7.91. The van der Waals surface area contributed by atoms with Crippen LogP contribution in [0.25, 0.3) is 0 Å². The van der Waals surface area contributed by atoms with Crippen molar-refractivity contribution >= 4 is 5.91 Å². The van der Waals surface area contributed by atoms with Crippen LogP contribution in [0.4, 0.5) is 0 Å². The second-order valence-electron chi connectivity index (χ2n) is 10.0. The number of piperazine rings is 1. The molecular weight excluding hydrogens is 454 g/mol. The van der Waals surface area contributed by atoms with E-state index in [1.807, 2.05) is 41.3 Å². The van der Waals surface area contributed by atoms with Crippen molar-refractivity contribution in [2.24, 2.45) is 0 Å². The van der Waals surface area contributed by atoms with Crippen LogP contribution in [-0.2, 0) is 11.3 Å². The number of carbonyl (C=O) groups excluding carboxylic acids is 1. The lowest BCUT2D eigenvalue weighted by atomic mass is 10.1. The Balaban J connectivity index is 1.42. The van der Waals surface area contributed by atoms with Gasteiger partial charge in [-0.15, -0.1) is 0 Å². The average molecular weight is 496 g/mol. The molecular formula is C28H41N5O3. The summed E-state index contributed by atoms with van der Waals surface area (Å²) in [5.74, 6) is 2.19. The molecule has 1 amide bonds. The number of rotatable bonds is 5. The Morgan fingerprint density at radius 1 is 0.917 bits per heavy atom. The van der Waals surface area contributed by atoms with E-state index in [9.17, 15) is 4.79 Å². The van der Waals surface area contributed by atoms with E-state index in [0.29, 0.717) is 31.3 Å². The normalized spacial score (nSPS) is 18.5. The van der Waals surface area contributed by atoms with Crippen molar-refractivity contribution in [1.29, 1.82) is 0 Å². The zero-order valence-electron chi connectivity index (χ0n) is 21.9. The topological polar surface area (TPSA) is 61.4 Å². The van der Waals surface area contributed by atoms with Crippen molar-refractivity contribution in [2.45, 2.75) is 32.2 Å². The Morgan fingerprint density at radius 2 is 1.69 bits per heavy atom. The van der Waals surface area contributed by atoms with Gasteiger partial charge < -0.3 is 19.3 Å². The minimum Gasteiger partial charge on any atom is -0.490 e. The highest BCUT2D eigenvalue weighted by atomic mass is 16.5. The van der Waals surface area contributed by atoms with Gasteiger partial charge in [0.25, 0.3) is 0 Å². The number of nitrogens with zero attached hydrogens (tertiary/aromatic N) is 5. The smallest absolute Gasteiger partial charge is 0.236 e. The Labute approximate surface area is 215 Å². The van der Waals surface area contributed by atoms with E-state index in [1.165, 1.54) is 0 Å². The predicted molar refractivity (Wildman–Crippen MR) is 142 cm³/mol. The first-order valence-corrected chi connectivity index (χ1v) is 13.3. The van der Waals surface area contributed by atoms with E-state index >= 15 is 0 Å². The van der Waals surface area contributed by atoms with Gasteiger partial charge in [-0.2, -0.15) is 0 Å². The molecule has 1 aromatic carbocycles. The van der Waals surface area contributed by atoms with Crippen LogP contribution >= 0.6 is 0 Å². The van der Waals surface area contributed by atoms with Crippen molar-refractivity contribution in [2.75, 3.05) is 73.1 Å². The molecule has 0 radical (unpaired) electrons. The molecule has 2 aromatic rings. The molecule has 36 heavy (non-hydrogen) atoms. The zero-order chi connectivity index (χ0) is 25.2. The minimum absolute atomic E-state index is 0.216. The van der Waals surface area contributed by atoms with Gasteiger partial charge in [0.1, 0.15) is 0 Å². The second kappa shape index (κ2) is 13.6. The highest BCUT2D eigenvalue weighted by Crippen LogP contribution is 2.32. The maximum Gasteiger partial charge on any atom is 0.236 e. The van der Waals surface area contributed by atoms with Crippen LogP contribution < -0.4 is 9.47 Å². The third-order valence-corrected chi connectivity index (χ3v) is 6.87. The van der Waals surface area contributed by atoms with Crippen molar-refractivity contribution in [3.8, 4) is 17.4 Å². The van der Waals surface area contributed by atoms with Gasteiger partial charge in [-0.1, -0.05) is 31.0 Å². The molecule has 0 aliphatic carbocycles. The number of carbonyl (C=O) groups is 1. The first-order valence-electron chi connectivity index (χ1n) is 13.3. The number of fused-ring (bicyclic) bond motifs is 2. The summed E-state index contributed by atoms with van der Waals surface area (Å²) in [4.78, 5) is 26.8. The number of amides is 1. The fourth-order valence-corrected chi connectivity index (χ4v) is 4.68. The molecule has 0 bridgehead atoms. The van der Waals surface area contributed by atoms with Crippen LogP contribution in [-0.4, -0.2) is 104 Å². The first kappa shape index (κ1) is 26.4. The van der Waals surface area contributed by atoms with Crippen LogP contribution in [0.3, 0.4) is 0 Å².